The van der Waals surface area contributed by atoms with Gasteiger partial charge in [-0.15, -0.1) is 11.3 Å². The number of hydrogen-bond acceptors (Lipinski definition) is 4. The maximum atomic E-state index is 12.7. The zero-order chi connectivity index (χ0) is 13.6. The van der Waals surface area contributed by atoms with E-state index in [0.717, 1.165) is 24.4 Å². The molecule has 6 heteroatoms. The van der Waals surface area contributed by atoms with Gasteiger partial charge in [-0.05, 0) is 50.4 Å². The Labute approximate surface area is 118 Å². The lowest BCUT2D eigenvalue weighted by Crippen LogP contribution is -2.37. The second-order valence-electron chi connectivity index (χ2n) is 5.47. The van der Waals surface area contributed by atoms with Gasteiger partial charge in [-0.3, -0.25) is 0 Å². The van der Waals surface area contributed by atoms with Crippen LogP contribution in [0.1, 0.15) is 18.7 Å². The molecule has 0 amide bonds. The van der Waals surface area contributed by atoms with E-state index in [0.29, 0.717) is 22.6 Å². The Hall–Kier alpha value is -0.430. The van der Waals surface area contributed by atoms with E-state index < -0.39 is 10.0 Å². The average molecular weight is 300 g/mol. The quantitative estimate of drug-likeness (QED) is 0.921. The third-order valence-corrected chi connectivity index (χ3v) is 8.08. The van der Waals surface area contributed by atoms with Gasteiger partial charge in [0.15, 0.2) is 0 Å². The molecule has 0 spiro atoms. The fraction of sp³-hybridized carbons (Fsp3) is 0.692. The van der Waals surface area contributed by atoms with E-state index in [-0.39, 0.29) is 6.04 Å². The van der Waals surface area contributed by atoms with Gasteiger partial charge in [-0.1, -0.05) is 6.92 Å². The van der Waals surface area contributed by atoms with Gasteiger partial charge in [0.25, 0.3) is 10.0 Å². The zero-order valence-corrected chi connectivity index (χ0v) is 12.9. The molecule has 1 aromatic heterocycles. The summed E-state index contributed by atoms with van der Waals surface area (Å²) in [6, 6.07) is 3.80. The molecule has 0 aromatic carbocycles. The predicted molar refractivity (Wildman–Crippen MR) is 76.9 cm³/mol. The van der Waals surface area contributed by atoms with Gasteiger partial charge in [0.05, 0.1) is 0 Å². The van der Waals surface area contributed by atoms with Gasteiger partial charge >= 0.3 is 0 Å². The topological polar surface area (TPSA) is 49.4 Å². The van der Waals surface area contributed by atoms with E-state index in [1.807, 2.05) is 13.0 Å². The SMILES string of the molecule is CCc1ccc(S(=O)(=O)N2CC3CNCC3C2C)s1. The van der Waals surface area contributed by atoms with Crippen LogP contribution in [0.5, 0.6) is 0 Å². The fourth-order valence-electron chi connectivity index (χ4n) is 3.25. The summed E-state index contributed by atoms with van der Waals surface area (Å²) in [6.07, 6.45) is 0.894. The Bertz CT molecular complexity index is 567. The molecule has 3 atom stereocenters. The Morgan fingerprint density at radius 2 is 2.21 bits per heavy atom. The number of nitrogens with one attached hydrogen (secondary N) is 1. The van der Waals surface area contributed by atoms with Gasteiger partial charge in [0, 0.05) is 17.5 Å². The van der Waals surface area contributed by atoms with Crippen molar-refractivity contribution in [2.45, 2.75) is 30.5 Å². The van der Waals surface area contributed by atoms with E-state index in [9.17, 15) is 8.42 Å². The molecule has 3 rings (SSSR count). The predicted octanol–water partition coefficient (Wildman–Crippen LogP) is 1.54. The maximum Gasteiger partial charge on any atom is 0.252 e. The fourth-order valence-corrected chi connectivity index (χ4v) is 6.41. The molecule has 19 heavy (non-hydrogen) atoms. The molecule has 3 heterocycles. The molecule has 0 radical (unpaired) electrons. The lowest BCUT2D eigenvalue weighted by Gasteiger charge is -2.23. The third-order valence-electron chi connectivity index (χ3n) is 4.43. The van der Waals surface area contributed by atoms with Crippen LogP contribution in [0.15, 0.2) is 16.3 Å². The summed E-state index contributed by atoms with van der Waals surface area (Å²) in [6.45, 7) is 6.66. The first-order valence-electron chi connectivity index (χ1n) is 6.85. The lowest BCUT2D eigenvalue weighted by molar-refractivity contribution is 0.361. The first-order valence-corrected chi connectivity index (χ1v) is 9.11. The number of hydrogen-bond donors (Lipinski definition) is 1. The van der Waals surface area contributed by atoms with Crippen molar-refractivity contribution in [3.05, 3.63) is 17.0 Å². The van der Waals surface area contributed by atoms with E-state index >= 15 is 0 Å². The molecule has 0 aliphatic carbocycles. The van der Waals surface area contributed by atoms with E-state index in [1.165, 1.54) is 11.3 Å². The minimum Gasteiger partial charge on any atom is -0.316 e. The highest BCUT2D eigenvalue weighted by Crippen LogP contribution is 2.37. The summed E-state index contributed by atoms with van der Waals surface area (Å²) in [7, 11) is -3.30. The first kappa shape index (κ1) is 13.5. The standard InChI is InChI=1S/C13H20N2O2S2/c1-3-11-4-5-13(18-11)19(16,17)15-8-10-6-14-7-12(10)9(15)2/h4-5,9-10,12,14H,3,6-8H2,1-2H3. The summed E-state index contributed by atoms with van der Waals surface area (Å²) < 4.78 is 27.7. The van der Waals surface area contributed by atoms with Crippen LogP contribution in [0.3, 0.4) is 0 Å². The molecule has 1 N–H and O–H groups in total. The monoisotopic (exact) mass is 300 g/mol. The zero-order valence-electron chi connectivity index (χ0n) is 11.3. The highest BCUT2D eigenvalue weighted by atomic mass is 32.2. The molecule has 2 fully saturated rings. The van der Waals surface area contributed by atoms with Crippen LogP contribution in [0.25, 0.3) is 0 Å². The van der Waals surface area contributed by atoms with Gasteiger partial charge in [-0.25, -0.2) is 8.42 Å². The number of fused-ring (bicyclic) bond motifs is 1. The Kier molecular flexibility index (Phi) is 3.45. The number of thiophene rings is 1. The molecule has 0 saturated carbocycles. The van der Waals surface area contributed by atoms with Crippen molar-refractivity contribution in [1.29, 1.82) is 0 Å². The van der Waals surface area contributed by atoms with Crippen molar-refractivity contribution in [1.82, 2.24) is 9.62 Å². The van der Waals surface area contributed by atoms with E-state index in [1.54, 1.807) is 10.4 Å². The van der Waals surface area contributed by atoms with Gasteiger partial charge in [0.2, 0.25) is 0 Å². The summed E-state index contributed by atoms with van der Waals surface area (Å²) in [5.74, 6) is 0.954. The molecule has 2 aliphatic heterocycles. The van der Waals surface area contributed by atoms with Gasteiger partial charge < -0.3 is 5.32 Å². The second-order valence-corrected chi connectivity index (χ2v) is 8.76. The molecule has 2 saturated heterocycles. The normalized spacial score (nSPS) is 31.8. The lowest BCUT2D eigenvalue weighted by atomic mass is 9.95. The number of sulfonamides is 1. The largest absolute Gasteiger partial charge is 0.316 e. The van der Waals surface area contributed by atoms with Crippen molar-refractivity contribution in [3.8, 4) is 0 Å². The Balaban J connectivity index is 1.89. The number of rotatable bonds is 3. The molecule has 4 nitrogen and oxygen atoms in total. The highest BCUT2D eigenvalue weighted by molar-refractivity contribution is 7.91. The Morgan fingerprint density at radius 1 is 1.42 bits per heavy atom. The van der Waals surface area contributed by atoms with Gasteiger partial charge in [0.1, 0.15) is 4.21 Å². The van der Waals surface area contributed by atoms with Crippen LogP contribution in [0.2, 0.25) is 0 Å². The van der Waals surface area contributed by atoms with Crippen molar-refractivity contribution in [3.63, 3.8) is 0 Å². The summed E-state index contributed by atoms with van der Waals surface area (Å²) >= 11 is 1.41. The summed E-state index contributed by atoms with van der Waals surface area (Å²) in [4.78, 5) is 1.13. The number of nitrogens with zero attached hydrogens (tertiary/aromatic N) is 1. The molecule has 106 valence electrons. The van der Waals surface area contributed by atoms with Crippen LogP contribution in [-0.2, 0) is 16.4 Å². The highest BCUT2D eigenvalue weighted by Gasteiger charge is 2.47. The van der Waals surface area contributed by atoms with E-state index in [4.69, 9.17) is 0 Å². The summed E-state index contributed by atoms with van der Waals surface area (Å²) in [5, 5.41) is 3.36. The van der Waals surface area contributed by atoms with Crippen LogP contribution in [-0.4, -0.2) is 38.4 Å². The molecule has 2 aliphatic rings. The summed E-state index contributed by atoms with van der Waals surface area (Å²) in [5.41, 5.74) is 0. The van der Waals surface area contributed by atoms with Crippen LogP contribution >= 0.6 is 11.3 Å². The van der Waals surface area contributed by atoms with Crippen LogP contribution in [0.4, 0.5) is 0 Å². The second kappa shape index (κ2) is 4.84. The minimum absolute atomic E-state index is 0.108. The van der Waals surface area contributed by atoms with Gasteiger partial charge in [-0.2, -0.15) is 4.31 Å². The van der Waals surface area contributed by atoms with Crippen LogP contribution < -0.4 is 5.32 Å². The van der Waals surface area contributed by atoms with Crippen molar-refractivity contribution < 1.29 is 8.42 Å². The third kappa shape index (κ3) is 2.14. The van der Waals surface area contributed by atoms with Crippen molar-refractivity contribution >= 4 is 21.4 Å². The van der Waals surface area contributed by atoms with Crippen LogP contribution in [0, 0.1) is 11.8 Å². The number of aryl methyl sites for hydroxylation is 1. The average Bonchev–Trinajstić information content (AvgIpc) is 3.06. The molecule has 0 bridgehead atoms. The maximum absolute atomic E-state index is 12.7. The molecular weight excluding hydrogens is 280 g/mol. The first-order chi connectivity index (χ1) is 9.04. The van der Waals surface area contributed by atoms with Crippen molar-refractivity contribution in [2.24, 2.45) is 11.8 Å². The molecule has 1 aromatic rings. The minimum atomic E-state index is -3.30. The smallest absolute Gasteiger partial charge is 0.252 e. The van der Waals surface area contributed by atoms with Crippen molar-refractivity contribution in [2.75, 3.05) is 19.6 Å². The van der Waals surface area contributed by atoms with E-state index in [2.05, 4.69) is 12.2 Å². The molecular formula is C13H20N2O2S2. The Morgan fingerprint density at radius 3 is 2.84 bits per heavy atom. The molecule has 3 unspecified atom stereocenters.